The lowest BCUT2D eigenvalue weighted by atomic mass is 10.2. The van der Waals surface area contributed by atoms with Crippen LogP contribution in [0.4, 0.5) is 0 Å². The first-order valence-corrected chi connectivity index (χ1v) is 7.48. The Bertz CT molecular complexity index is 723. The number of carbonyl (C=O) groups excluding carboxylic acids is 1. The molecule has 20 heavy (non-hydrogen) atoms. The molecule has 0 atom stereocenters. The Labute approximate surface area is 134 Å². The normalized spacial score (nSPS) is 9.70. The van der Waals surface area contributed by atoms with Gasteiger partial charge in [-0.15, -0.1) is 0 Å². The van der Waals surface area contributed by atoms with Crippen LogP contribution >= 0.6 is 31.9 Å². The van der Waals surface area contributed by atoms with Crippen LogP contribution in [0.1, 0.15) is 10.4 Å². The molecule has 0 saturated carbocycles. The summed E-state index contributed by atoms with van der Waals surface area (Å²) < 4.78 is 2.06. The number of rotatable bonds is 1. The molecular weight excluding hydrogens is 382 g/mol. The summed E-state index contributed by atoms with van der Waals surface area (Å²) in [6, 6.07) is 15.3. The number of carbonyl (C=O) groups is 1. The van der Waals surface area contributed by atoms with Gasteiger partial charge >= 0.3 is 0 Å². The minimum atomic E-state index is 0.698. The van der Waals surface area contributed by atoms with Crippen LogP contribution in [-0.4, -0.2) is 11.3 Å². The number of benzene rings is 2. The maximum Gasteiger partial charge on any atom is 0.150 e. The van der Waals surface area contributed by atoms with Gasteiger partial charge in [0.2, 0.25) is 0 Å². The zero-order valence-corrected chi connectivity index (χ0v) is 13.6. The number of pyridine rings is 1. The molecule has 0 radical (unpaired) electrons. The van der Waals surface area contributed by atoms with E-state index in [9.17, 15) is 4.79 Å². The SMILES string of the molecule is Brc1cccc2cnccc12.O=Cc1cccc(Br)c1. The molecule has 0 aliphatic carbocycles. The average molecular weight is 393 g/mol. The quantitative estimate of drug-likeness (QED) is 0.528. The molecule has 0 fully saturated rings. The van der Waals surface area contributed by atoms with Crippen LogP contribution in [0.25, 0.3) is 10.8 Å². The minimum Gasteiger partial charge on any atom is -0.298 e. The molecule has 0 spiro atoms. The highest BCUT2D eigenvalue weighted by Crippen LogP contribution is 2.21. The van der Waals surface area contributed by atoms with Crippen molar-refractivity contribution in [3.63, 3.8) is 0 Å². The van der Waals surface area contributed by atoms with Crippen LogP contribution in [0.2, 0.25) is 0 Å². The van der Waals surface area contributed by atoms with Crippen molar-refractivity contribution in [2.75, 3.05) is 0 Å². The van der Waals surface area contributed by atoms with Gasteiger partial charge < -0.3 is 0 Å². The van der Waals surface area contributed by atoms with Crippen molar-refractivity contribution >= 4 is 48.9 Å². The number of fused-ring (bicyclic) bond motifs is 1. The number of halogens is 2. The second-order valence-electron chi connectivity index (χ2n) is 4.01. The molecule has 0 amide bonds. The summed E-state index contributed by atoms with van der Waals surface area (Å²) in [6.45, 7) is 0. The molecule has 0 unspecified atom stereocenters. The van der Waals surface area contributed by atoms with E-state index in [1.807, 2.05) is 42.6 Å². The van der Waals surface area contributed by atoms with Crippen LogP contribution in [-0.2, 0) is 0 Å². The average Bonchev–Trinajstić information content (AvgIpc) is 2.48. The standard InChI is InChI=1S/C9H6BrN.C7H5BrO/c10-9-3-1-2-7-6-11-5-4-8(7)9;8-7-3-1-2-6(4-7)5-9/h1-6H;1-5H. The molecule has 3 rings (SSSR count). The number of aromatic nitrogens is 1. The molecule has 0 saturated heterocycles. The highest BCUT2D eigenvalue weighted by Gasteiger charge is 1.94. The van der Waals surface area contributed by atoms with E-state index in [1.165, 1.54) is 10.8 Å². The smallest absolute Gasteiger partial charge is 0.150 e. The zero-order chi connectivity index (χ0) is 14.4. The van der Waals surface area contributed by atoms with Crippen molar-refractivity contribution in [1.82, 2.24) is 4.98 Å². The Morgan fingerprint density at radius 1 is 1.00 bits per heavy atom. The Kier molecular flexibility index (Phi) is 5.44. The fraction of sp³-hybridized carbons (Fsp3) is 0. The second kappa shape index (κ2) is 7.31. The molecule has 3 aromatic rings. The van der Waals surface area contributed by atoms with E-state index in [2.05, 4.69) is 36.8 Å². The third-order valence-electron chi connectivity index (χ3n) is 2.61. The van der Waals surface area contributed by atoms with E-state index < -0.39 is 0 Å². The fourth-order valence-corrected chi connectivity index (χ4v) is 2.59. The first-order valence-electron chi connectivity index (χ1n) is 5.89. The largest absolute Gasteiger partial charge is 0.298 e. The summed E-state index contributed by atoms with van der Waals surface area (Å²) in [5.41, 5.74) is 0.698. The summed E-state index contributed by atoms with van der Waals surface area (Å²) in [6.07, 6.45) is 4.48. The molecule has 0 N–H and O–H groups in total. The molecule has 2 nitrogen and oxygen atoms in total. The summed E-state index contributed by atoms with van der Waals surface area (Å²) >= 11 is 6.71. The van der Waals surface area contributed by atoms with Crippen LogP contribution in [0.15, 0.2) is 69.9 Å². The van der Waals surface area contributed by atoms with E-state index in [4.69, 9.17) is 0 Å². The second-order valence-corrected chi connectivity index (χ2v) is 5.78. The highest BCUT2D eigenvalue weighted by atomic mass is 79.9. The first kappa shape index (κ1) is 14.9. The Balaban J connectivity index is 0.000000151. The van der Waals surface area contributed by atoms with Crippen molar-refractivity contribution in [3.8, 4) is 0 Å². The van der Waals surface area contributed by atoms with Gasteiger partial charge in [-0.3, -0.25) is 9.78 Å². The number of aldehydes is 1. The molecule has 1 aromatic heterocycles. The van der Waals surface area contributed by atoms with Gasteiger partial charge in [0, 0.05) is 32.3 Å². The van der Waals surface area contributed by atoms with Gasteiger partial charge in [-0.25, -0.2) is 0 Å². The molecular formula is C16H11Br2NO. The van der Waals surface area contributed by atoms with Crippen molar-refractivity contribution < 1.29 is 4.79 Å². The van der Waals surface area contributed by atoms with E-state index in [-0.39, 0.29) is 0 Å². The molecule has 4 heteroatoms. The number of hydrogen-bond acceptors (Lipinski definition) is 2. The Morgan fingerprint density at radius 3 is 2.45 bits per heavy atom. The predicted molar refractivity (Wildman–Crippen MR) is 89.0 cm³/mol. The summed E-state index contributed by atoms with van der Waals surface area (Å²) in [5, 5.41) is 2.38. The lowest BCUT2D eigenvalue weighted by Gasteiger charge is -1.96. The third-order valence-corrected chi connectivity index (χ3v) is 3.80. The first-order chi connectivity index (χ1) is 9.70. The molecule has 0 aliphatic rings. The molecule has 100 valence electrons. The lowest BCUT2D eigenvalue weighted by molar-refractivity contribution is 0.112. The van der Waals surface area contributed by atoms with Crippen LogP contribution < -0.4 is 0 Å². The van der Waals surface area contributed by atoms with Crippen molar-refractivity contribution in [2.45, 2.75) is 0 Å². The lowest BCUT2D eigenvalue weighted by Crippen LogP contribution is -1.75. The van der Waals surface area contributed by atoms with Gasteiger partial charge in [-0.05, 0) is 29.7 Å². The monoisotopic (exact) mass is 391 g/mol. The zero-order valence-electron chi connectivity index (χ0n) is 10.5. The van der Waals surface area contributed by atoms with Crippen LogP contribution in [0.5, 0.6) is 0 Å². The topological polar surface area (TPSA) is 30.0 Å². The number of nitrogens with zero attached hydrogens (tertiary/aromatic N) is 1. The van der Waals surface area contributed by atoms with Gasteiger partial charge in [0.1, 0.15) is 6.29 Å². The van der Waals surface area contributed by atoms with Gasteiger partial charge in [0.05, 0.1) is 0 Å². The van der Waals surface area contributed by atoms with E-state index in [1.54, 1.807) is 18.3 Å². The maximum absolute atomic E-state index is 10.1. The van der Waals surface area contributed by atoms with Gasteiger partial charge in [-0.1, -0.05) is 56.1 Å². The summed E-state index contributed by atoms with van der Waals surface area (Å²) in [7, 11) is 0. The molecule has 0 bridgehead atoms. The maximum atomic E-state index is 10.1. The van der Waals surface area contributed by atoms with Crippen molar-refractivity contribution in [2.24, 2.45) is 0 Å². The Hall–Kier alpha value is -1.52. The van der Waals surface area contributed by atoms with Crippen molar-refractivity contribution in [3.05, 3.63) is 75.4 Å². The van der Waals surface area contributed by atoms with Crippen LogP contribution in [0.3, 0.4) is 0 Å². The Morgan fingerprint density at radius 2 is 1.80 bits per heavy atom. The highest BCUT2D eigenvalue weighted by molar-refractivity contribution is 9.11. The van der Waals surface area contributed by atoms with Gasteiger partial charge in [0.25, 0.3) is 0 Å². The fourth-order valence-electron chi connectivity index (χ4n) is 1.66. The molecule has 1 heterocycles. The van der Waals surface area contributed by atoms with E-state index >= 15 is 0 Å². The van der Waals surface area contributed by atoms with Crippen LogP contribution in [0, 0.1) is 0 Å². The summed E-state index contributed by atoms with van der Waals surface area (Å²) in [5.74, 6) is 0. The molecule has 0 aliphatic heterocycles. The third kappa shape index (κ3) is 3.99. The van der Waals surface area contributed by atoms with Crippen molar-refractivity contribution in [1.29, 1.82) is 0 Å². The van der Waals surface area contributed by atoms with Gasteiger partial charge in [-0.2, -0.15) is 0 Å². The number of hydrogen-bond donors (Lipinski definition) is 0. The predicted octanol–water partition coefficient (Wildman–Crippen LogP) is 5.26. The van der Waals surface area contributed by atoms with E-state index in [0.717, 1.165) is 15.2 Å². The van der Waals surface area contributed by atoms with E-state index in [0.29, 0.717) is 5.56 Å². The minimum absolute atomic E-state index is 0.698. The molecule has 2 aromatic carbocycles. The summed E-state index contributed by atoms with van der Waals surface area (Å²) in [4.78, 5) is 14.2. The van der Waals surface area contributed by atoms with Gasteiger partial charge in [0.15, 0.2) is 0 Å².